The Labute approximate surface area is 152 Å². The highest BCUT2D eigenvalue weighted by Crippen LogP contribution is 2.23. The Morgan fingerprint density at radius 1 is 1.04 bits per heavy atom. The molecule has 2 aromatic carbocycles. The van der Waals surface area contributed by atoms with Crippen LogP contribution in [0.1, 0.15) is 10.4 Å². The van der Waals surface area contributed by atoms with E-state index >= 15 is 0 Å². The van der Waals surface area contributed by atoms with Crippen molar-refractivity contribution in [3.8, 4) is 0 Å². The summed E-state index contributed by atoms with van der Waals surface area (Å²) in [5.41, 5.74) is -0.0865. The summed E-state index contributed by atoms with van der Waals surface area (Å²) >= 11 is 9.06. The zero-order valence-corrected chi connectivity index (χ0v) is 15.7. The third-order valence-electron chi connectivity index (χ3n) is 2.85. The highest BCUT2D eigenvalue weighted by atomic mass is 79.9. The van der Waals surface area contributed by atoms with E-state index in [1.807, 2.05) is 0 Å². The van der Waals surface area contributed by atoms with Gasteiger partial charge in [-0.1, -0.05) is 39.7 Å². The summed E-state index contributed by atoms with van der Waals surface area (Å²) in [5.74, 6) is -1.00. The van der Waals surface area contributed by atoms with Gasteiger partial charge < -0.3 is 0 Å². The van der Waals surface area contributed by atoms with Crippen LogP contribution in [0.2, 0.25) is 5.02 Å². The van der Waals surface area contributed by atoms with E-state index in [1.54, 1.807) is 4.72 Å². The number of halogens is 2. The Morgan fingerprint density at radius 3 is 2.17 bits per heavy atom. The van der Waals surface area contributed by atoms with Crippen molar-refractivity contribution < 1.29 is 21.6 Å². The molecule has 0 bridgehead atoms. The number of sulfonamides is 2. The molecule has 128 valence electrons. The van der Waals surface area contributed by atoms with Crippen molar-refractivity contribution in [2.75, 3.05) is 0 Å². The molecule has 7 nitrogen and oxygen atoms in total. The molecule has 0 aliphatic heterocycles. The Kier molecular flexibility index (Phi) is 5.35. The van der Waals surface area contributed by atoms with Gasteiger partial charge in [0.15, 0.2) is 0 Å². The van der Waals surface area contributed by atoms with Gasteiger partial charge in [0.05, 0.1) is 10.6 Å². The van der Waals surface area contributed by atoms with Crippen molar-refractivity contribution in [3.05, 3.63) is 57.5 Å². The summed E-state index contributed by atoms with van der Waals surface area (Å²) in [5, 5.41) is 5.03. The predicted molar refractivity (Wildman–Crippen MR) is 91.6 cm³/mol. The van der Waals surface area contributed by atoms with E-state index in [0.29, 0.717) is 4.47 Å². The number of carbonyl (C=O) groups is 1. The van der Waals surface area contributed by atoms with E-state index in [4.69, 9.17) is 16.7 Å². The minimum atomic E-state index is -4.48. The Balaban J connectivity index is 2.45. The van der Waals surface area contributed by atoms with Crippen LogP contribution in [0.25, 0.3) is 0 Å². The SMILES string of the molecule is NS(=O)(=O)c1ccccc1S(=O)(=O)NC(=O)c1ccc(Br)cc1Cl. The van der Waals surface area contributed by atoms with Crippen LogP contribution >= 0.6 is 27.5 Å². The molecule has 0 spiro atoms. The number of nitrogens with two attached hydrogens (primary N) is 1. The maximum Gasteiger partial charge on any atom is 0.266 e. The van der Waals surface area contributed by atoms with E-state index in [-0.39, 0.29) is 10.6 Å². The van der Waals surface area contributed by atoms with Crippen LogP contribution in [0.3, 0.4) is 0 Å². The highest BCUT2D eigenvalue weighted by Gasteiger charge is 2.26. The Hall–Kier alpha value is -1.46. The molecule has 2 aromatic rings. The van der Waals surface area contributed by atoms with Gasteiger partial charge >= 0.3 is 0 Å². The third kappa shape index (κ3) is 4.14. The first kappa shape index (κ1) is 18.9. The maximum atomic E-state index is 12.4. The fourth-order valence-electron chi connectivity index (χ4n) is 1.81. The minimum Gasteiger partial charge on any atom is -0.268 e. The van der Waals surface area contributed by atoms with E-state index < -0.39 is 35.7 Å². The molecule has 3 N–H and O–H groups in total. The fourth-order valence-corrected chi connectivity index (χ4v) is 4.92. The molecule has 0 fully saturated rings. The van der Waals surface area contributed by atoms with Gasteiger partial charge in [0.1, 0.15) is 9.79 Å². The topological polar surface area (TPSA) is 123 Å². The number of rotatable bonds is 4. The monoisotopic (exact) mass is 452 g/mol. The van der Waals surface area contributed by atoms with Gasteiger partial charge in [0, 0.05) is 4.47 Å². The molecule has 2 rings (SSSR count). The lowest BCUT2D eigenvalue weighted by Gasteiger charge is -2.11. The third-order valence-corrected chi connectivity index (χ3v) is 6.14. The van der Waals surface area contributed by atoms with Crippen molar-refractivity contribution in [1.82, 2.24) is 4.72 Å². The molecule has 0 aliphatic rings. The predicted octanol–water partition coefficient (Wildman–Crippen LogP) is 1.87. The summed E-state index contributed by atoms with van der Waals surface area (Å²) in [6.07, 6.45) is 0. The standard InChI is InChI=1S/C13H10BrClN2O5S2/c14-8-5-6-9(10(15)7-8)13(18)17-24(21,22)12-4-2-1-3-11(12)23(16,19)20/h1-7H,(H,17,18)(H2,16,19,20). The van der Waals surface area contributed by atoms with Crippen LogP contribution in [-0.4, -0.2) is 22.7 Å². The summed E-state index contributed by atoms with van der Waals surface area (Å²) in [7, 11) is -8.77. The van der Waals surface area contributed by atoms with Gasteiger partial charge in [-0.2, -0.15) is 0 Å². The van der Waals surface area contributed by atoms with Crippen LogP contribution in [0.5, 0.6) is 0 Å². The normalized spacial score (nSPS) is 12.0. The van der Waals surface area contributed by atoms with Crippen molar-refractivity contribution in [2.45, 2.75) is 9.79 Å². The van der Waals surface area contributed by atoms with Gasteiger partial charge in [-0.15, -0.1) is 0 Å². The molecule has 1 amide bonds. The summed E-state index contributed by atoms with van der Waals surface area (Å²) in [6.45, 7) is 0. The number of primary sulfonamides is 1. The van der Waals surface area contributed by atoms with Crippen molar-refractivity contribution >= 4 is 53.5 Å². The summed E-state index contributed by atoms with van der Waals surface area (Å²) in [6, 6.07) is 8.92. The largest absolute Gasteiger partial charge is 0.268 e. The van der Waals surface area contributed by atoms with Gasteiger partial charge in [-0.05, 0) is 30.3 Å². The number of nitrogens with one attached hydrogen (secondary N) is 1. The molecule has 0 saturated heterocycles. The van der Waals surface area contributed by atoms with Crippen LogP contribution < -0.4 is 9.86 Å². The number of amides is 1. The zero-order chi connectivity index (χ0) is 18.1. The molecule has 0 radical (unpaired) electrons. The summed E-state index contributed by atoms with van der Waals surface area (Å²) < 4.78 is 50.1. The minimum absolute atomic E-state index is 0.0248. The highest BCUT2D eigenvalue weighted by molar-refractivity contribution is 9.10. The van der Waals surface area contributed by atoms with Crippen molar-refractivity contribution in [2.24, 2.45) is 5.14 Å². The van der Waals surface area contributed by atoms with Crippen LogP contribution in [0.15, 0.2) is 56.7 Å². The average Bonchev–Trinajstić information content (AvgIpc) is 2.45. The Bertz CT molecular complexity index is 1020. The lowest BCUT2D eigenvalue weighted by Crippen LogP contribution is -2.32. The molecule has 0 heterocycles. The van der Waals surface area contributed by atoms with Gasteiger partial charge in [-0.25, -0.2) is 26.7 Å². The van der Waals surface area contributed by atoms with Crippen molar-refractivity contribution in [1.29, 1.82) is 0 Å². The summed E-state index contributed by atoms with van der Waals surface area (Å²) in [4.78, 5) is 10.9. The lowest BCUT2D eigenvalue weighted by atomic mass is 10.2. The second-order valence-corrected chi connectivity index (χ2v) is 9.05. The van der Waals surface area contributed by atoms with Crippen LogP contribution in [-0.2, 0) is 20.0 Å². The van der Waals surface area contributed by atoms with Gasteiger partial charge in [0.25, 0.3) is 15.9 Å². The average molecular weight is 454 g/mol. The van der Waals surface area contributed by atoms with Crippen LogP contribution in [0.4, 0.5) is 0 Å². The van der Waals surface area contributed by atoms with Crippen molar-refractivity contribution in [3.63, 3.8) is 0 Å². The molecule has 24 heavy (non-hydrogen) atoms. The van der Waals surface area contributed by atoms with Crippen LogP contribution in [0, 0.1) is 0 Å². The molecule has 0 aromatic heterocycles. The van der Waals surface area contributed by atoms with Gasteiger partial charge in [0.2, 0.25) is 10.0 Å². The number of benzene rings is 2. The lowest BCUT2D eigenvalue weighted by molar-refractivity contribution is 0.0981. The first-order chi connectivity index (χ1) is 11.0. The van der Waals surface area contributed by atoms with Gasteiger partial charge in [-0.3, -0.25) is 4.79 Å². The number of hydrogen-bond acceptors (Lipinski definition) is 5. The van der Waals surface area contributed by atoms with E-state index in [9.17, 15) is 21.6 Å². The Morgan fingerprint density at radius 2 is 1.62 bits per heavy atom. The van der Waals surface area contributed by atoms with E-state index in [2.05, 4.69) is 15.9 Å². The molecule has 0 aliphatic carbocycles. The molecule has 0 saturated carbocycles. The smallest absolute Gasteiger partial charge is 0.266 e. The molecular weight excluding hydrogens is 444 g/mol. The maximum absolute atomic E-state index is 12.4. The van der Waals surface area contributed by atoms with E-state index in [0.717, 1.165) is 12.1 Å². The second-order valence-electron chi connectivity index (χ2n) is 4.55. The second kappa shape index (κ2) is 6.81. The molecule has 0 unspecified atom stereocenters. The fraction of sp³-hybridized carbons (Fsp3) is 0. The first-order valence-electron chi connectivity index (χ1n) is 6.16. The number of carbonyl (C=O) groups excluding carboxylic acids is 1. The zero-order valence-electron chi connectivity index (χ0n) is 11.7. The quantitative estimate of drug-likeness (QED) is 0.731. The molecular formula is C13H10BrClN2O5S2. The molecule has 11 heteroatoms. The number of hydrogen-bond donors (Lipinski definition) is 2. The molecule has 0 atom stereocenters. The van der Waals surface area contributed by atoms with E-state index in [1.165, 1.54) is 30.3 Å². The first-order valence-corrected chi connectivity index (χ1v) is 10.4.